The molecule has 3 rings (SSSR count). The van der Waals surface area contributed by atoms with Crippen molar-refractivity contribution in [1.29, 1.82) is 0 Å². The molecule has 0 spiro atoms. The summed E-state index contributed by atoms with van der Waals surface area (Å²) in [6, 6.07) is 19.9. The molecule has 2 aromatic carbocycles. The van der Waals surface area contributed by atoms with E-state index >= 15 is 0 Å². The third-order valence-electron chi connectivity index (χ3n) is 6.21. The summed E-state index contributed by atoms with van der Waals surface area (Å²) in [4.78, 5) is 26.8. The van der Waals surface area contributed by atoms with E-state index in [1.807, 2.05) is 36.4 Å². The molecule has 5 nitrogen and oxygen atoms in total. The van der Waals surface area contributed by atoms with Crippen LogP contribution in [0.3, 0.4) is 0 Å². The lowest BCUT2D eigenvalue weighted by Gasteiger charge is -2.45. The molecule has 5 heteroatoms. The Kier molecular flexibility index (Phi) is 7.27. The van der Waals surface area contributed by atoms with Gasteiger partial charge in [0.15, 0.2) is 0 Å². The monoisotopic (exact) mass is 408 g/mol. The molecule has 1 aliphatic rings. The molecule has 0 aromatic heterocycles. The molecule has 0 bridgehead atoms. The number of carbonyl (C=O) groups is 2. The van der Waals surface area contributed by atoms with Gasteiger partial charge in [0, 0.05) is 24.1 Å². The van der Waals surface area contributed by atoms with E-state index in [-0.39, 0.29) is 17.5 Å². The number of benzene rings is 2. The first-order chi connectivity index (χ1) is 14.4. The molecule has 0 radical (unpaired) electrons. The van der Waals surface area contributed by atoms with Crippen molar-refractivity contribution in [3.8, 4) is 0 Å². The highest BCUT2D eigenvalue weighted by molar-refractivity contribution is 5.84. The first-order valence-corrected chi connectivity index (χ1v) is 10.6. The fourth-order valence-electron chi connectivity index (χ4n) is 4.40. The largest absolute Gasteiger partial charge is 0.447 e. The summed E-state index contributed by atoms with van der Waals surface area (Å²) in [5.74, 6) is -0.709. The minimum Gasteiger partial charge on any atom is -0.447 e. The molecule has 2 aromatic rings. The first kappa shape index (κ1) is 22.0. The van der Waals surface area contributed by atoms with Crippen molar-refractivity contribution in [3.63, 3.8) is 0 Å². The van der Waals surface area contributed by atoms with Crippen LogP contribution in [0.5, 0.6) is 0 Å². The lowest BCUT2D eigenvalue weighted by Crippen LogP contribution is -2.52. The molecule has 1 saturated carbocycles. The maximum Gasteiger partial charge on any atom is 0.303 e. The molecule has 1 aliphatic carbocycles. The van der Waals surface area contributed by atoms with E-state index in [0.29, 0.717) is 5.56 Å². The zero-order valence-electron chi connectivity index (χ0n) is 18.1. The van der Waals surface area contributed by atoms with E-state index < -0.39 is 12.1 Å². The summed E-state index contributed by atoms with van der Waals surface area (Å²) in [6.07, 6.45) is 3.90. The van der Waals surface area contributed by atoms with Gasteiger partial charge in [0.25, 0.3) is 5.91 Å². The van der Waals surface area contributed by atoms with Crippen LogP contribution in [0.2, 0.25) is 0 Å². The molecule has 1 atom stereocenters. The van der Waals surface area contributed by atoms with Crippen LogP contribution in [0.15, 0.2) is 60.7 Å². The maximum absolute atomic E-state index is 12.9. The summed E-state index contributed by atoms with van der Waals surface area (Å²) < 4.78 is 5.34. The number of ether oxygens (including phenoxy) is 1. The van der Waals surface area contributed by atoms with Gasteiger partial charge in [0.05, 0.1) is 0 Å². The molecule has 1 unspecified atom stereocenters. The van der Waals surface area contributed by atoms with Gasteiger partial charge in [-0.05, 0) is 51.8 Å². The summed E-state index contributed by atoms with van der Waals surface area (Å²) in [5.41, 5.74) is 2.12. The average Bonchev–Trinajstić information content (AvgIpc) is 2.74. The summed E-state index contributed by atoms with van der Waals surface area (Å²) in [6.45, 7) is 1.33. The standard InChI is InChI=1S/C25H32N2O3/c1-19(28)30-23(21-12-8-5-9-13-21)24(29)26-22-14-16-25(17-15-22,27(2)3)18-20-10-6-4-7-11-20/h4-13,22-23H,14-18H2,1-3H3,(H,26,29). The number of nitrogens with one attached hydrogen (secondary N) is 1. The van der Waals surface area contributed by atoms with Crippen molar-refractivity contribution in [2.45, 2.75) is 56.7 Å². The van der Waals surface area contributed by atoms with E-state index in [0.717, 1.165) is 32.1 Å². The molecular formula is C25H32N2O3. The third-order valence-corrected chi connectivity index (χ3v) is 6.21. The summed E-state index contributed by atoms with van der Waals surface area (Å²) in [5, 5.41) is 3.13. The highest BCUT2D eigenvalue weighted by atomic mass is 16.5. The molecule has 1 amide bonds. The van der Waals surface area contributed by atoms with Crippen LogP contribution < -0.4 is 5.32 Å². The van der Waals surface area contributed by atoms with Gasteiger partial charge in [-0.2, -0.15) is 0 Å². The van der Waals surface area contributed by atoms with E-state index in [4.69, 9.17) is 4.74 Å². The van der Waals surface area contributed by atoms with Gasteiger partial charge >= 0.3 is 5.97 Å². The predicted octanol–water partition coefficient (Wildman–Crippen LogP) is 3.89. The summed E-state index contributed by atoms with van der Waals surface area (Å²) in [7, 11) is 4.29. The normalized spacial score (nSPS) is 22.3. The number of esters is 1. The molecule has 1 fully saturated rings. The van der Waals surface area contributed by atoms with E-state index in [2.05, 4.69) is 48.6 Å². The molecule has 0 heterocycles. The lowest BCUT2D eigenvalue weighted by atomic mass is 9.74. The Balaban J connectivity index is 1.64. The third kappa shape index (κ3) is 5.48. The second-order valence-corrected chi connectivity index (χ2v) is 8.46. The van der Waals surface area contributed by atoms with Crippen molar-refractivity contribution in [2.75, 3.05) is 14.1 Å². The Labute approximate surface area is 179 Å². The van der Waals surface area contributed by atoms with Crippen molar-refractivity contribution < 1.29 is 14.3 Å². The van der Waals surface area contributed by atoms with Gasteiger partial charge in [-0.25, -0.2) is 0 Å². The second-order valence-electron chi connectivity index (χ2n) is 8.46. The molecule has 0 aliphatic heterocycles. The van der Waals surface area contributed by atoms with Crippen molar-refractivity contribution in [3.05, 3.63) is 71.8 Å². The molecule has 0 saturated heterocycles. The van der Waals surface area contributed by atoms with Crippen molar-refractivity contribution in [2.24, 2.45) is 0 Å². The SMILES string of the molecule is CC(=O)OC(C(=O)NC1CCC(Cc2ccccc2)(N(C)C)CC1)c1ccccc1. The number of hydrogen-bond acceptors (Lipinski definition) is 4. The first-order valence-electron chi connectivity index (χ1n) is 10.6. The van der Waals surface area contributed by atoms with Crippen LogP contribution in [0.4, 0.5) is 0 Å². The number of hydrogen-bond donors (Lipinski definition) is 1. The fraction of sp³-hybridized carbons (Fsp3) is 0.440. The Morgan fingerprint density at radius 3 is 2.13 bits per heavy atom. The summed E-state index contributed by atoms with van der Waals surface area (Å²) >= 11 is 0. The molecule has 30 heavy (non-hydrogen) atoms. The van der Waals surface area contributed by atoms with Crippen LogP contribution in [0.1, 0.15) is 49.8 Å². The number of nitrogens with zero attached hydrogens (tertiary/aromatic N) is 1. The van der Waals surface area contributed by atoms with Gasteiger partial charge in [0.1, 0.15) is 0 Å². The highest BCUT2D eigenvalue weighted by Gasteiger charge is 2.38. The van der Waals surface area contributed by atoms with Gasteiger partial charge < -0.3 is 15.0 Å². The Morgan fingerprint density at radius 1 is 1.03 bits per heavy atom. The van der Waals surface area contributed by atoms with Gasteiger partial charge in [-0.1, -0.05) is 60.7 Å². The fourth-order valence-corrected chi connectivity index (χ4v) is 4.40. The van der Waals surface area contributed by atoms with Gasteiger partial charge in [0.2, 0.25) is 6.10 Å². The second kappa shape index (κ2) is 9.90. The minimum absolute atomic E-state index is 0.0862. The number of likely N-dealkylation sites (N-methyl/N-ethyl adjacent to an activating group) is 1. The average molecular weight is 409 g/mol. The lowest BCUT2D eigenvalue weighted by molar-refractivity contribution is -0.154. The number of amides is 1. The number of rotatable bonds is 7. The van der Waals surface area contributed by atoms with Gasteiger partial charge in [-0.3, -0.25) is 9.59 Å². The van der Waals surface area contributed by atoms with Crippen LogP contribution in [-0.4, -0.2) is 42.5 Å². The quantitative estimate of drug-likeness (QED) is 0.706. The van der Waals surface area contributed by atoms with Crippen LogP contribution in [0.25, 0.3) is 0 Å². The number of carbonyl (C=O) groups excluding carboxylic acids is 2. The van der Waals surface area contributed by atoms with E-state index in [1.54, 1.807) is 0 Å². The zero-order chi connectivity index (χ0) is 21.6. The predicted molar refractivity (Wildman–Crippen MR) is 118 cm³/mol. The Hall–Kier alpha value is -2.66. The van der Waals surface area contributed by atoms with Crippen molar-refractivity contribution >= 4 is 11.9 Å². The van der Waals surface area contributed by atoms with Crippen LogP contribution in [-0.2, 0) is 20.7 Å². The Morgan fingerprint density at radius 2 is 1.60 bits per heavy atom. The minimum atomic E-state index is -0.909. The molecule has 160 valence electrons. The van der Waals surface area contributed by atoms with Crippen LogP contribution in [0, 0.1) is 0 Å². The zero-order valence-corrected chi connectivity index (χ0v) is 18.1. The van der Waals surface area contributed by atoms with E-state index in [9.17, 15) is 9.59 Å². The highest BCUT2D eigenvalue weighted by Crippen LogP contribution is 2.35. The van der Waals surface area contributed by atoms with Crippen molar-refractivity contribution in [1.82, 2.24) is 10.2 Å². The molecule has 1 N–H and O–H groups in total. The van der Waals surface area contributed by atoms with Crippen LogP contribution >= 0.6 is 0 Å². The topological polar surface area (TPSA) is 58.6 Å². The maximum atomic E-state index is 12.9. The van der Waals surface area contributed by atoms with Gasteiger partial charge in [-0.15, -0.1) is 0 Å². The Bertz CT molecular complexity index is 828. The molecular weight excluding hydrogens is 376 g/mol. The van der Waals surface area contributed by atoms with E-state index in [1.165, 1.54) is 12.5 Å². The smallest absolute Gasteiger partial charge is 0.303 e.